The van der Waals surface area contributed by atoms with Gasteiger partial charge in [-0.1, -0.05) is 31.9 Å². The Morgan fingerprint density at radius 2 is 2.25 bits per heavy atom. The molecule has 2 unspecified atom stereocenters. The van der Waals surface area contributed by atoms with Crippen molar-refractivity contribution >= 4 is 5.97 Å². The molecule has 1 aromatic carbocycles. The summed E-state index contributed by atoms with van der Waals surface area (Å²) in [7, 11) is 1.61. The van der Waals surface area contributed by atoms with E-state index in [4.69, 9.17) is 15.2 Å². The van der Waals surface area contributed by atoms with Crippen molar-refractivity contribution in [1.82, 2.24) is 0 Å². The average Bonchev–Trinajstić information content (AvgIpc) is 2.48. The fourth-order valence-electron chi connectivity index (χ4n) is 2.72. The first-order valence-electron chi connectivity index (χ1n) is 7.15. The van der Waals surface area contributed by atoms with Crippen LogP contribution in [0.3, 0.4) is 0 Å². The molecule has 2 N–H and O–H groups in total. The lowest BCUT2D eigenvalue weighted by molar-refractivity contribution is -0.155. The third kappa shape index (κ3) is 3.12. The minimum Gasteiger partial charge on any atom is -0.497 e. The van der Waals surface area contributed by atoms with Crippen LogP contribution in [-0.4, -0.2) is 18.6 Å². The number of hydrogen-bond acceptors (Lipinski definition) is 4. The molecule has 1 aliphatic rings. The molecule has 1 saturated carbocycles. The highest BCUT2D eigenvalue weighted by atomic mass is 16.5. The first-order valence-corrected chi connectivity index (χ1v) is 7.15. The molecule has 1 aromatic rings. The van der Waals surface area contributed by atoms with Gasteiger partial charge in [-0.15, -0.1) is 0 Å². The zero-order valence-corrected chi connectivity index (χ0v) is 12.2. The van der Waals surface area contributed by atoms with Crippen molar-refractivity contribution in [1.29, 1.82) is 0 Å². The van der Waals surface area contributed by atoms with Gasteiger partial charge in [0, 0.05) is 0 Å². The SMILES string of the molecule is COc1cccc(COC(=O)C2(N)CCCCC2C)c1. The Morgan fingerprint density at radius 1 is 1.45 bits per heavy atom. The van der Waals surface area contributed by atoms with Crippen LogP contribution < -0.4 is 10.5 Å². The average molecular weight is 277 g/mol. The summed E-state index contributed by atoms with van der Waals surface area (Å²) >= 11 is 0. The van der Waals surface area contributed by atoms with Gasteiger partial charge in [0.2, 0.25) is 0 Å². The van der Waals surface area contributed by atoms with E-state index in [-0.39, 0.29) is 18.5 Å². The van der Waals surface area contributed by atoms with E-state index in [1.807, 2.05) is 31.2 Å². The lowest BCUT2D eigenvalue weighted by atomic mass is 9.74. The predicted octanol–water partition coefficient (Wildman–Crippen LogP) is 2.65. The zero-order valence-electron chi connectivity index (χ0n) is 12.2. The number of methoxy groups -OCH3 is 1. The van der Waals surface area contributed by atoms with Crippen molar-refractivity contribution in [3.8, 4) is 5.75 Å². The van der Waals surface area contributed by atoms with Crippen LogP contribution in [0, 0.1) is 5.92 Å². The highest BCUT2D eigenvalue weighted by Crippen LogP contribution is 2.32. The van der Waals surface area contributed by atoms with Crippen LogP contribution in [0.5, 0.6) is 5.75 Å². The molecular formula is C16H23NO3. The molecule has 4 nitrogen and oxygen atoms in total. The van der Waals surface area contributed by atoms with Gasteiger partial charge in [0.1, 0.15) is 17.9 Å². The first kappa shape index (κ1) is 14.9. The summed E-state index contributed by atoms with van der Waals surface area (Å²) in [5.74, 6) is 0.647. The van der Waals surface area contributed by atoms with E-state index in [0.29, 0.717) is 6.42 Å². The van der Waals surface area contributed by atoms with Crippen LogP contribution in [-0.2, 0) is 16.1 Å². The Bertz CT molecular complexity index is 475. The Hall–Kier alpha value is -1.55. The molecule has 20 heavy (non-hydrogen) atoms. The number of carbonyl (C=O) groups is 1. The van der Waals surface area contributed by atoms with Crippen molar-refractivity contribution in [2.75, 3.05) is 7.11 Å². The van der Waals surface area contributed by atoms with Gasteiger partial charge in [-0.05, 0) is 36.5 Å². The van der Waals surface area contributed by atoms with E-state index in [1.165, 1.54) is 0 Å². The van der Waals surface area contributed by atoms with E-state index in [9.17, 15) is 4.79 Å². The Morgan fingerprint density at radius 3 is 2.95 bits per heavy atom. The predicted molar refractivity (Wildman–Crippen MR) is 77.3 cm³/mol. The highest BCUT2D eigenvalue weighted by molar-refractivity contribution is 5.81. The molecule has 0 aromatic heterocycles. The molecule has 0 bridgehead atoms. The van der Waals surface area contributed by atoms with Gasteiger partial charge >= 0.3 is 5.97 Å². The van der Waals surface area contributed by atoms with Crippen molar-refractivity contribution in [3.05, 3.63) is 29.8 Å². The molecular weight excluding hydrogens is 254 g/mol. The molecule has 0 spiro atoms. The van der Waals surface area contributed by atoms with Crippen LogP contribution >= 0.6 is 0 Å². The summed E-state index contributed by atoms with van der Waals surface area (Å²) in [6.07, 6.45) is 3.84. The van der Waals surface area contributed by atoms with Crippen LogP contribution in [0.15, 0.2) is 24.3 Å². The topological polar surface area (TPSA) is 61.5 Å². The van der Waals surface area contributed by atoms with Gasteiger partial charge < -0.3 is 15.2 Å². The first-order chi connectivity index (χ1) is 9.56. The summed E-state index contributed by atoms with van der Waals surface area (Å²) in [5.41, 5.74) is 6.35. The summed E-state index contributed by atoms with van der Waals surface area (Å²) in [5, 5.41) is 0. The Balaban J connectivity index is 1.97. The number of ether oxygens (including phenoxy) is 2. The maximum Gasteiger partial charge on any atom is 0.326 e. The normalized spacial score (nSPS) is 26.1. The van der Waals surface area contributed by atoms with Gasteiger partial charge in [-0.3, -0.25) is 4.79 Å². The number of esters is 1. The maximum atomic E-state index is 12.3. The minimum absolute atomic E-state index is 0.175. The zero-order chi connectivity index (χ0) is 14.6. The van der Waals surface area contributed by atoms with Crippen molar-refractivity contribution in [2.24, 2.45) is 11.7 Å². The van der Waals surface area contributed by atoms with Gasteiger partial charge in [0.25, 0.3) is 0 Å². The lowest BCUT2D eigenvalue weighted by Gasteiger charge is -2.36. The summed E-state index contributed by atoms with van der Waals surface area (Å²) in [4.78, 5) is 12.3. The second-order valence-corrected chi connectivity index (χ2v) is 5.61. The molecule has 0 radical (unpaired) electrons. The smallest absolute Gasteiger partial charge is 0.326 e. The minimum atomic E-state index is -0.822. The molecule has 0 heterocycles. The van der Waals surface area contributed by atoms with Crippen molar-refractivity contribution in [2.45, 2.75) is 44.8 Å². The molecule has 4 heteroatoms. The molecule has 2 atom stereocenters. The fourth-order valence-corrected chi connectivity index (χ4v) is 2.72. The van der Waals surface area contributed by atoms with Gasteiger partial charge in [-0.25, -0.2) is 0 Å². The summed E-state index contributed by atoms with van der Waals surface area (Å²) in [6.45, 7) is 2.27. The van der Waals surface area contributed by atoms with Crippen molar-refractivity contribution in [3.63, 3.8) is 0 Å². The molecule has 0 aliphatic heterocycles. The molecule has 1 aliphatic carbocycles. The molecule has 0 amide bonds. The number of hydrogen-bond donors (Lipinski definition) is 1. The standard InChI is InChI=1S/C16H23NO3/c1-12-6-3-4-9-16(12,17)15(18)20-11-13-7-5-8-14(10-13)19-2/h5,7-8,10,12H,3-4,6,9,11,17H2,1-2H3. The molecule has 2 rings (SSSR count). The van der Waals surface area contributed by atoms with E-state index < -0.39 is 5.54 Å². The third-order valence-corrected chi connectivity index (χ3v) is 4.24. The molecule has 110 valence electrons. The van der Waals surface area contributed by atoms with Gasteiger partial charge in [-0.2, -0.15) is 0 Å². The number of rotatable bonds is 4. The van der Waals surface area contributed by atoms with E-state index >= 15 is 0 Å². The second-order valence-electron chi connectivity index (χ2n) is 5.61. The summed E-state index contributed by atoms with van der Waals surface area (Å²) < 4.78 is 10.6. The number of nitrogens with two attached hydrogens (primary N) is 1. The fraction of sp³-hybridized carbons (Fsp3) is 0.562. The Kier molecular flexibility index (Phi) is 4.65. The number of carbonyl (C=O) groups excluding carboxylic acids is 1. The summed E-state index contributed by atoms with van der Waals surface area (Å²) in [6, 6.07) is 7.51. The largest absolute Gasteiger partial charge is 0.497 e. The third-order valence-electron chi connectivity index (χ3n) is 4.24. The van der Waals surface area contributed by atoms with Crippen LogP contribution in [0.4, 0.5) is 0 Å². The van der Waals surface area contributed by atoms with Gasteiger partial charge in [0.05, 0.1) is 7.11 Å². The highest BCUT2D eigenvalue weighted by Gasteiger charge is 2.42. The second kappa shape index (κ2) is 6.27. The van der Waals surface area contributed by atoms with Crippen LogP contribution in [0.25, 0.3) is 0 Å². The molecule has 0 saturated heterocycles. The Labute approximate surface area is 120 Å². The lowest BCUT2D eigenvalue weighted by Crippen LogP contribution is -2.55. The quantitative estimate of drug-likeness (QED) is 0.859. The van der Waals surface area contributed by atoms with Gasteiger partial charge in [0.15, 0.2) is 0 Å². The van der Waals surface area contributed by atoms with Crippen molar-refractivity contribution < 1.29 is 14.3 Å². The molecule has 1 fully saturated rings. The van der Waals surface area contributed by atoms with E-state index in [1.54, 1.807) is 7.11 Å². The number of benzene rings is 1. The van der Waals surface area contributed by atoms with E-state index in [2.05, 4.69) is 0 Å². The van der Waals surface area contributed by atoms with Crippen LogP contribution in [0.2, 0.25) is 0 Å². The maximum absolute atomic E-state index is 12.3. The van der Waals surface area contributed by atoms with Crippen LogP contribution in [0.1, 0.15) is 38.2 Å². The van der Waals surface area contributed by atoms with E-state index in [0.717, 1.165) is 30.6 Å². The monoisotopic (exact) mass is 277 g/mol.